The SMILES string of the molecule is CC(NC(=O)CCNS(=O)(=O)c1ccc(F)cc1)c1ccc(Cl)cc1. The number of carbonyl (C=O) groups excluding carboxylic acids is 1. The fourth-order valence-electron chi connectivity index (χ4n) is 2.14. The van der Waals surface area contributed by atoms with Gasteiger partial charge in [-0.25, -0.2) is 17.5 Å². The zero-order valence-electron chi connectivity index (χ0n) is 13.5. The molecule has 0 fully saturated rings. The quantitative estimate of drug-likeness (QED) is 0.770. The summed E-state index contributed by atoms with van der Waals surface area (Å²) in [5, 5.41) is 3.39. The van der Waals surface area contributed by atoms with E-state index in [1.807, 2.05) is 19.1 Å². The van der Waals surface area contributed by atoms with Crippen molar-refractivity contribution in [2.24, 2.45) is 0 Å². The van der Waals surface area contributed by atoms with Crippen LogP contribution in [0, 0.1) is 5.82 Å². The van der Waals surface area contributed by atoms with Crippen LogP contribution in [0.5, 0.6) is 0 Å². The average Bonchev–Trinajstić information content (AvgIpc) is 2.55. The highest BCUT2D eigenvalue weighted by Crippen LogP contribution is 2.16. The zero-order valence-corrected chi connectivity index (χ0v) is 15.1. The van der Waals surface area contributed by atoms with Gasteiger partial charge in [0.15, 0.2) is 0 Å². The minimum atomic E-state index is -3.77. The topological polar surface area (TPSA) is 75.3 Å². The Bertz CT molecular complexity index is 824. The summed E-state index contributed by atoms with van der Waals surface area (Å²) in [5.41, 5.74) is 0.893. The summed E-state index contributed by atoms with van der Waals surface area (Å²) in [7, 11) is -3.77. The predicted molar refractivity (Wildman–Crippen MR) is 94.2 cm³/mol. The number of hydrogen-bond donors (Lipinski definition) is 2. The van der Waals surface area contributed by atoms with E-state index >= 15 is 0 Å². The molecule has 2 aromatic rings. The molecular weight excluding hydrogens is 367 g/mol. The van der Waals surface area contributed by atoms with E-state index in [2.05, 4.69) is 10.0 Å². The minimum Gasteiger partial charge on any atom is -0.350 e. The standard InChI is InChI=1S/C17H18ClFN2O3S/c1-12(13-2-4-14(18)5-3-13)21-17(22)10-11-20-25(23,24)16-8-6-15(19)7-9-16/h2-9,12,20H,10-11H2,1H3,(H,21,22). The highest BCUT2D eigenvalue weighted by molar-refractivity contribution is 7.89. The third-order valence-corrected chi connectivity index (χ3v) is 5.24. The lowest BCUT2D eigenvalue weighted by Gasteiger charge is -2.14. The molecule has 0 aliphatic rings. The number of hydrogen-bond acceptors (Lipinski definition) is 3. The fraction of sp³-hybridized carbons (Fsp3) is 0.235. The van der Waals surface area contributed by atoms with Crippen molar-refractivity contribution in [2.45, 2.75) is 24.3 Å². The van der Waals surface area contributed by atoms with E-state index in [0.717, 1.165) is 17.7 Å². The fourth-order valence-corrected chi connectivity index (χ4v) is 3.30. The second-order valence-electron chi connectivity index (χ2n) is 5.44. The molecule has 8 heteroatoms. The molecule has 0 spiro atoms. The number of halogens is 2. The molecular formula is C17H18ClFN2O3S. The molecule has 0 aliphatic carbocycles. The number of sulfonamides is 1. The van der Waals surface area contributed by atoms with Crippen LogP contribution in [-0.4, -0.2) is 20.9 Å². The molecule has 2 N–H and O–H groups in total. The van der Waals surface area contributed by atoms with E-state index in [9.17, 15) is 17.6 Å². The molecule has 0 bridgehead atoms. The summed E-state index contributed by atoms with van der Waals surface area (Å²) in [6, 6.07) is 11.3. The monoisotopic (exact) mass is 384 g/mol. The van der Waals surface area contributed by atoms with Gasteiger partial charge in [-0.2, -0.15) is 0 Å². The third-order valence-electron chi connectivity index (χ3n) is 3.52. The normalized spacial score (nSPS) is 12.6. The number of benzene rings is 2. The first kappa shape index (κ1) is 19.4. The van der Waals surface area contributed by atoms with Crippen LogP contribution < -0.4 is 10.0 Å². The first-order chi connectivity index (χ1) is 11.8. The van der Waals surface area contributed by atoms with Crippen molar-refractivity contribution < 1.29 is 17.6 Å². The van der Waals surface area contributed by atoms with Gasteiger partial charge in [0, 0.05) is 18.0 Å². The highest BCUT2D eigenvalue weighted by Gasteiger charge is 2.15. The summed E-state index contributed by atoms with van der Waals surface area (Å²) in [6.45, 7) is 1.77. The van der Waals surface area contributed by atoms with Crippen LogP contribution in [0.2, 0.25) is 5.02 Å². The van der Waals surface area contributed by atoms with E-state index in [1.54, 1.807) is 12.1 Å². The smallest absolute Gasteiger partial charge is 0.240 e. The molecule has 5 nitrogen and oxygen atoms in total. The molecule has 25 heavy (non-hydrogen) atoms. The average molecular weight is 385 g/mol. The molecule has 134 valence electrons. The van der Waals surface area contributed by atoms with Crippen LogP contribution in [-0.2, 0) is 14.8 Å². The Labute approximate surface area is 151 Å². The second-order valence-corrected chi connectivity index (χ2v) is 7.65. The number of nitrogens with one attached hydrogen (secondary N) is 2. The predicted octanol–water partition coefficient (Wildman–Crippen LogP) is 3.02. The lowest BCUT2D eigenvalue weighted by molar-refractivity contribution is -0.121. The molecule has 1 amide bonds. The van der Waals surface area contributed by atoms with Crippen LogP contribution in [0.25, 0.3) is 0 Å². The van der Waals surface area contributed by atoms with Crippen molar-refractivity contribution in [1.29, 1.82) is 0 Å². The maximum Gasteiger partial charge on any atom is 0.240 e. The molecule has 2 rings (SSSR count). The van der Waals surface area contributed by atoms with Gasteiger partial charge in [0.1, 0.15) is 5.82 Å². The highest BCUT2D eigenvalue weighted by atomic mass is 35.5. The van der Waals surface area contributed by atoms with Crippen LogP contribution in [0.1, 0.15) is 24.9 Å². The van der Waals surface area contributed by atoms with E-state index in [-0.39, 0.29) is 29.8 Å². The third kappa shape index (κ3) is 5.81. The van der Waals surface area contributed by atoms with Gasteiger partial charge in [-0.3, -0.25) is 4.79 Å². The van der Waals surface area contributed by atoms with Crippen molar-refractivity contribution in [1.82, 2.24) is 10.0 Å². The van der Waals surface area contributed by atoms with Crippen LogP contribution in [0.15, 0.2) is 53.4 Å². The minimum absolute atomic E-state index is 0.0155. The Morgan fingerprint density at radius 3 is 2.32 bits per heavy atom. The Balaban J connectivity index is 1.83. The van der Waals surface area contributed by atoms with E-state index in [4.69, 9.17) is 11.6 Å². The molecule has 0 heterocycles. The summed E-state index contributed by atoms with van der Waals surface area (Å²) in [4.78, 5) is 11.9. The van der Waals surface area contributed by atoms with E-state index in [1.165, 1.54) is 12.1 Å². The number of amides is 1. The van der Waals surface area contributed by atoms with Gasteiger partial charge in [-0.15, -0.1) is 0 Å². The molecule has 0 saturated heterocycles. The zero-order chi connectivity index (χ0) is 18.4. The molecule has 0 saturated carbocycles. The van der Waals surface area contributed by atoms with Gasteiger partial charge >= 0.3 is 0 Å². The van der Waals surface area contributed by atoms with Gasteiger partial charge in [0.25, 0.3) is 0 Å². The lowest BCUT2D eigenvalue weighted by Crippen LogP contribution is -2.32. The molecule has 0 aliphatic heterocycles. The summed E-state index contributed by atoms with van der Waals surface area (Å²) in [6.07, 6.45) is -0.0155. The largest absolute Gasteiger partial charge is 0.350 e. The van der Waals surface area contributed by atoms with Crippen molar-refractivity contribution in [3.05, 3.63) is 64.9 Å². The first-order valence-electron chi connectivity index (χ1n) is 7.58. The number of rotatable bonds is 7. The van der Waals surface area contributed by atoms with Crippen LogP contribution in [0.4, 0.5) is 4.39 Å². The number of carbonyl (C=O) groups is 1. The van der Waals surface area contributed by atoms with Crippen molar-refractivity contribution in [2.75, 3.05) is 6.54 Å². The molecule has 0 radical (unpaired) electrons. The van der Waals surface area contributed by atoms with Crippen LogP contribution in [0.3, 0.4) is 0 Å². The molecule has 1 unspecified atom stereocenters. The van der Waals surface area contributed by atoms with Crippen molar-refractivity contribution in [3.8, 4) is 0 Å². The van der Waals surface area contributed by atoms with Gasteiger partial charge in [0.05, 0.1) is 10.9 Å². The van der Waals surface area contributed by atoms with Gasteiger partial charge in [-0.05, 0) is 48.9 Å². The van der Waals surface area contributed by atoms with Crippen molar-refractivity contribution >= 4 is 27.5 Å². The van der Waals surface area contributed by atoms with Gasteiger partial charge in [-0.1, -0.05) is 23.7 Å². The Hall–Kier alpha value is -1.96. The maximum atomic E-state index is 12.8. The second kappa shape index (κ2) is 8.42. The van der Waals surface area contributed by atoms with Gasteiger partial charge < -0.3 is 5.32 Å². The summed E-state index contributed by atoms with van der Waals surface area (Å²) < 4.78 is 39.2. The Kier molecular flexibility index (Phi) is 6.52. The molecule has 1 atom stereocenters. The summed E-state index contributed by atoms with van der Waals surface area (Å²) >= 11 is 5.82. The van der Waals surface area contributed by atoms with Crippen LogP contribution >= 0.6 is 11.6 Å². The first-order valence-corrected chi connectivity index (χ1v) is 9.44. The Morgan fingerprint density at radius 1 is 1.12 bits per heavy atom. The molecule has 0 aromatic heterocycles. The lowest BCUT2D eigenvalue weighted by atomic mass is 10.1. The van der Waals surface area contributed by atoms with Crippen molar-refractivity contribution in [3.63, 3.8) is 0 Å². The van der Waals surface area contributed by atoms with E-state index in [0.29, 0.717) is 5.02 Å². The van der Waals surface area contributed by atoms with Gasteiger partial charge in [0.2, 0.25) is 15.9 Å². The Morgan fingerprint density at radius 2 is 1.72 bits per heavy atom. The summed E-state index contributed by atoms with van der Waals surface area (Å²) in [5.74, 6) is -0.807. The van der Waals surface area contributed by atoms with E-state index < -0.39 is 15.8 Å². The molecule has 2 aromatic carbocycles. The maximum absolute atomic E-state index is 12.8.